The normalized spacial score (nSPS) is 21.6. The highest BCUT2D eigenvalue weighted by atomic mass is 35.5. The van der Waals surface area contributed by atoms with E-state index in [2.05, 4.69) is 24.3 Å². The summed E-state index contributed by atoms with van der Waals surface area (Å²) in [5, 5.41) is 7.49. The van der Waals surface area contributed by atoms with Crippen molar-refractivity contribution in [1.82, 2.24) is 15.4 Å². The molecule has 1 unspecified atom stereocenters. The molecule has 0 aromatic carbocycles. The van der Waals surface area contributed by atoms with E-state index in [1.165, 1.54) is 6.42 Å². The van der Waals surface area contributed by atoms with Gasteiger partial charge in [0.1, 0.15) is 0 Å². The summed E-state index contributed by atoms with van der Waals surface area (Å²) >= 11 is 0. The van der Waals surface area contributed by atoms with Crippen LogP contribution in [0.3, 0.4) is 0 Å². The van der Waals surface area contributed by atoms with Gasteiger partial charge in [-0.1, -0.05) is 19.0 Å². The molecule has 2 saturated heterocycles. The number of nitrogens with zero attached hydrogens (tertiary/aromatic N) is 2. The van der Waals surface area contributed by atoms with Gasteiger partial charge in [-0.3, -0.25) is 4.79 Å². The molecular formula is C16H26ClN3O2. The second kappa shape index (κ2) is 7.01. The van der Waals surface area contributed by atoms with Crippen LogP contribution in [0.15, 0.2) is 10.6 Å². The number of halogens is 1. The lowest BCUT2D eigenvalue weighted by Crippen LogP contribution is -2.43. The maximum absolute atomic E-state index is 12.5. The van der Waals surface area contributed by atoms with E-state index in [9.17, 15) is 4.79 Å². The lowest BCUT2D eigenvalue weighted by Gasteiger charge is -2.38. The van der Waals surface area contributed by atoms with Gasteiger partial charge in [-0.15, -0.1) is 12.4 Å². The third-order valence-corrected chi connectivity index (χ3v) is 5.30. The van der Waals surface area contributed by atoms with E-state index >= 15 is 0 Å². The summed E-state index contributed by atoms with van der Waals surface area (Å²) in [4.78, 5) is 14.4. The highest BCUT2D eigenvalue weighted by Crippen LogP contribution is 2.37. The third-order valence-electron chi connectivity index (χ3n) is 5.30. The van der Waals surface area contributed by atoms with Crippen LogP contribution in [-0.2, 0) is 0 Å². The quantitative estimate of drug-likeness (QED) is 0.927. The van der Waals surface area contributed by atoms with Crippen molar-refractivity contribution < 1.29 is 9.32 Å². The Hall–Kier alpha value is -1.07. The fourth-order valence-electron chi connectivity index (χ4n) is 3.39. The Morgan fingerprint density at radius 3 is 2.77 bits per heavy atom. The second-order valence-electron chi connectivity index (χ2n) is 6.64. The molecule has 0 radical (unpaired) electrons. The van der Waals surface area contributed by atoms with E-state index in [4.69, 9.17) is 4.52 Å². The maximum atomic E-state index is 12.5. The average molecular weight is 328 g/mol. The van der Waals surface area contributed by atoms with E-state index in [0.717, 1.165) is 51.1 Å². The molecule has 1 aromatic rings. The van der Waals surface area contributed by atoms with Gasteiger partial charge in [0.2, 0.25) is 5.76 Å². The summed E-state index contributed by atoms with van der Waals surface area (Å²) in [6.07, 6.45) is 4.44. The van der Waals surface area contributed by atoms with Crippen LogP contribution in [-0.4, -0.2) is 42.1 Å². The van der Waals surface area contributed by atoms with E-state index < -0.39 is 0 Å². The topological polar surface area (TPSA) is 58.4 Å². The molecule has 0 bridgehead atoms. The molecule has 3 rings (SSSR count). The van der Waals surface area contributed by atoms with Crippen molar-refractivity contribution in [3.8, 4) is 0 Å². The summed E-state index contributed by atoms with van der Waals surface area (Å²) in [6.45, 7) is 8.11. The number of piperidine rings is 1. The summed E-state index contributed by atoms with van der Waals surface area (Å²) in [5.74, 6) is 0.730. The molecule has 5 nitrogen and oxygen atoms in total. The van der Waals surface area contributed by atoms with Crippen molar-refractivity contribution >= 4 is 18.3 Å². The van der Waals surface area contributed by atoms with E-state index in [1.807, 2.05) is 11.0 Å². The zero-order valence-corrected chi connectivity index (χ0v) is 14.2. The lowest BCUT2D eigenvalue weighted by atomic mass is 9.78. The highest BCUT2D eigenvalue weighted by molar-refractivity contribution is 5.91. The Morgan fingerprint density at radius 2 is 2.18 bits per heavy atom. The number of likely N-dealkylation sites (tertiary alicyclic amines) is 1. The maximum Gasteiger partial charge on any atom is 0.292 e. The standard InChI is InChI=1S/C16H25N3O2.ClH/c1-3-12(2)13-10-14(21-18-13)15(20)19-8-5-16(6-9-19)4-7-17-11-16;/h10,12,17H,3-9,11H2,1-2H3;1H. The molecular weight excluding hydrogens is 302 g/mol. The molecule has 3 heterocycles. The lowest BCUT2D eigenvalue weighted by molar-refractivity contribution is 0.0568. The Morgan fingerprint density at radius 1 is 1.45 bits per heavy atom. The molecule has 1 spiro atoms. The predicted octanol–water partition coefficient (Wildman–Crippen LogP) is 2.83. The predicted molar refractivity (Wildman–Crippen MR) is 87.5 cm³/mol. The minimum atomic E-state index is -0.00198. The van der Waals surface area contributed by atoms with Gasteiger partial charge in [0.05, 0.1) is 5.69 Å². The summed E-state index contributed by atoms with van der Waals surface area (Å²) < 4.78 is 5.27. The first-order valence-electron chi connectivity index (χ1n) is 8.10. The Labute approximate surface area is 138 Å². The number of amides is 1. The minimum Gasteiger partial charge on any atom is -0.351 e. The minimum absolute atomic E-state index is 0. The molecule has 0 aliphatic carbocycles. The van der Waals surface area contributed by atoms with Gasteiger partial charge in [0, 0.05) is 31.6 Å². The van der Waals surface area contributed by atoms with Crippen LogP contribution in [0.1, 0.15) is 61.7 Å². The fraction of sp³-hybridized carbons (Fsp3) is 0.750. The SMILES string of the molecule is CCC(C)c1cc(C(=O)N2CCC3(CCNC3)CC2)on1.Cl. The molecule has 1 aromatic heterocycles. The van der Waals surface area contributed by atoms with Crippen LogP contribution in [0.4, 0.5) is 0 Å². The van der Waals surface area contributed by atoms with Gasteiger partial charge in [-0.2, -0.15) is 0 Å². The van der Waals surface area contributed by atoms with Crippen molar-refractivity contribution in [2.45, 2.75) is 45.4 Å². The molecule has 1 amide bonds. The first kappa shape index (κ1) is 17.3. The van der Waals surface area contributed by atoms with Crippen molar-refractivity contribution in [3.05, 3.63) is 17.5 Å². The number of hydrogen-bond donors (Lipinski definition) is 1. The van der Waals surface area contributed by atoms with Crippen LogP contribution < -0.4 is 5.32 Å². The highest BCUT2D eigenvalue weighted by Gasteiger charge is 2.38. The van der Waals surface area contributed by atoms with E-state index in [0.29, 0.717) is 17.1 Å². The molecule has 2 aliphatic rings. The Bertz CT molecular complexity index is 501. The van der Waals surface area contributed by atoms with Crippen molar-refractivity contribution in [3.63, 3.8) is 0 Å². The van der Waals surface area contributed by atoms with Gasteiger partial charge in [-0.25, -0.2) is 0 Å². The van der Waals surface area contributed by atoms with Crippen molar-refractivity contribution in [2.24, 2.45) is 5.41 Å². The van der Waals surface area contributed by atoms with E-state index in [1.54, 1.807) is 0 Å². The van der Waals surface area contributed by atoms with Gasteiger partial charge in [0.15, 0.2) is 0 Å². The monoisotopic (exact) mass is 327 g/mol. The molecule has 6 heteroatoms. The zero-order chi connectivity index (χ0) is 14.9. The van der Waals surface area contributed by atoms with Gasteiger partial charge >= 0.3 is 0 Å². The van der Waals surface area contributed by atoms with Crippen molar-refractivity contribution in [1.29, 1.82) is 0 Å². The molecule has 22 heavy (non-hydrogen) atoms. The summed E-state index contributed by atoms with van der Waals surface area (Å²) in [6, 6.07) is 1.82. The summed E-state index contributed by atoms with van der Waals surface area (Å²) in [7, 11) is 0. The number of nitrogens with one attached hydrogen (secondary N) is 1. The number of hydrogen-bond acceptors (Lipinski definition) is 4. The smallest absolute Gasteiger partial charge is 0.292 e. The zero-order valence-electron chi connectivity index (χ0n) is 13.4. The van der Waals surface area contributed by atoms with Crippen LogP contribution in [0, 0.1) is 5.41 Å². The largest absolute Gasteiger partial charge is 0.351 e. The van der Waals surface area contributed by atoms with Crippen LogP contribution in [0.25, 0.3) is 0 Å². The third kappa shape index (κ3) is 3.30. The molecule has 124 valence electrons. The average Bonchev–Trinajstić information content (AvgIpc) is 3.16. The van der Waals surface area contributed by atoms with Crippen LogP contribution in [0.2, 0.25) is 0 Å². The number of aromatic nitrogens is 1. The molecule has 1 N–H and O–H groups in total. The van der Waals surface area contributed by atoms with Gasteiger partial charge < -0.3 is 14.7 Å². The number of rotatable bonds is 3. The first-order chi connectivity index (χ1) is 10.1. The fourth-order valence-corrected chi connectivity index (χ4v) is 3.39. The number of carbonyl (C=O) groups excluding carboxylic acids is 1. The molecule has 1 atom stereocenters. The van der Waals surface area contributed by atoms with E-state index in [-0.39, 0.29) is 18.3 Å². The molecule has 2 aliphatic heterocycles. The van der Waals surface area contributed by atoms with Gasteiger partial charge in [-0.05, 0) is 37.6 Å². The number of carbonyl (C=O) groups is 1. The molecule has 2 fully saturated rings. The first-order valence-corrected chi connectivity index (χ1v) is 8.10. The second-order valence-corrected chi connectivity index (χ2v) is 6.64. The van der Waals surface area contributed by atoms with Crippen LogP contribution in [0.5, 0.6) is 0 Å². The van der Waals surface area contributed by atoms with Gasteiger partial charge in [0.25, 0.3) is 5.91 Å². The Balaban J connectivity index is 0.00000176. The van der Waals surface area contributed by atoms with Crippen molar-refractivity contribution in [2.75, 3.05) is 26.2 Å². The Kier molecular flexibility index (Phi) is 5.50. The molecule has 0 saturated carbocycles. The van der Waals surface area contributed by atoms with Crippen LogP contribution >= 0.6 is 12.4 Å². The summed E-state index contributed by atoms with van der Waals surface area (Å²) in [5.41, 5.74) is 1.31.